The van der Waals surface area contributed by atoms with Crippen LogP contribution in [0, 0.1) is 5.92 Å². The van der Waals surface area contributed by atoms with Crippen LogP contribution < -0.4 is 5.14 Å². The molecule has 6 heteroatoms. The highest BCUT2D eigenvalue weighted by Crippen LogP contribution is 2.15. The van der Waals surface area contributed by atoms with Gasteiger partial charge in [0, 0.05) is 23.7 Å². The minimum atomic E-state index is -3.66. The Hall–Kier alpha value is -0.650. The van der Waals surface area contributed by atoms with E-state index in [9.17, 15) is 8.42 Å². The number of rotatable bonds is 4. The Bertz CT molecular complexity index is 442. The Morgan fingerprint density at radius 3 is 2.44 bits per heavy atom. The van der Waals surface area contributed by atoms with Gasteiger partial charge in [-0.1, -0.05) is 13.8 Å². The number of sulfonamides is 1. The zero-order valence-electron chi connectivity index (χ0n) is 9.22. The lowest BCUT2D eigenvalue weighted by Crippen LogP contribution is -2.14. The third-order valence-electron chi connectivity index (χ3n) is 2.25. The van der Waals surface area contributed by atoms with E-state index < -0.39 is 10.0 Å². The van der Waals surface area contributed by atoms with Crippen LogP contribution in [0.5, 0.6) is 0 Å². The van der Waals surface area contributed by atoms with Gasteiger partial charge in [-0.05, 0) is 18.1 Å². The number of alkyl halides is 1. The summed E-state index contributed by atoms with van der Waals surface area (Å²) in [5, 5.41) is 4.96. The molecule has 0 bridgehead atoms. The van der Waals surface area contributed by atoms with Gasteiger partial charge in [0.1, 0.15) is 4.90 Å². The summed E-state index contributed by atoms with van der Waals surface area (Å²) in [6, 6.07) is 3.08. The molecule has 0 saturated heterocycles. The van der Waals surface area contributed by atoms with Gasteiger partial charge in [-0.3, -0.25) is 4.98 Å². The molecule has 0 aliphatic rings. The first-order valence-corrected chi connectivity index (χ1v) is 6.91. The first-order chi connectivity index (χ1) is 7.30. The van der Waals surface area contributed by atoms with E-state index in [4.69, 9.17) is 16.7 Å². The fourth-order valence-corrected chi connectivity index (χ4v) is 1.75. The zero-order valence-corrected chi connectivity index (χ0v) is 10.8. The Labute approximate surface area is 101 Å². The zero-order chi connectivity index (χ0) is 12.3. The van der Waals surface area contributed by atoms with Crippen molar-refractivity contribution in [3.05, 3.63) is 24.0 Å². The molecule has 0 spiro atoms. The molecule has 2 N–H and O–H groups in total. The highest BCUT2D eigenvalue weighted by molar-refractivity contribution is 7.89. The molecule has 1 heterocycles. The van der Waals surface area contributed by atoms with Crippen LogP contribution in [0.15, 0.2) is 23.2 Å². The highest BCUT2D eigenvalue weighted by atomic mass is 35.5. The number of hydrogen-bond acceptors (Lipinski definition) is 3. The maximum atomic E-state index is 11.0. The predicted molar refractivity (Wildman–Crippen MR) is 63.8 cm³/mol. The molecule has 16 heavy (non-hydrogen) atoms. The molecule has 0 aliphatic carbocycles. The lowest BCUT2D eigenvalue weighted by atomic mass is 10.1. The summed E-state index contributed by atoms with van der Waals surface area (Å²) in [5.74, 6) is 0.349. The quantitative estimate of drug-likeness (QED) is 0.837. The van der Waals surface area contributed by atoms with Crippen LogP contribution in [0.3, 0.4) is 0 Å². The Balaban J connectivity index is 2.80. The molecule has 0 radical (unpaired) electrons. The molecular weight excluding hydrogens is 248 g/mol. The fraction of sp³-hybridized carbons (Fsp3) is 0.500. The second-order valence-electron chi connectivity index (χ2n) is 3.99. The fourth-order valence-electron chi connectivity index (χ4n) is 1.14. The summed E-state index contributed by atoms with van der Waals surface area (Å²) in [4.78, 5) is 4.04. The Kier molecular flexibility index (Phi) is 4.29. The van der Waals surface area contributed by atoms with Gasteiger partial charge in [0.2, 0.25) is 10.0 Å². The van der Waals surface area contributed by atoms with E-state index >= 15 is 0 Å². The smallest absolute Gasteiger partial charge is 0.239 e. The van der Waals surface area contributed by atoms with Gasteiger partial charge in [-0.2, -0.15) is 0 Å². The van der Waals surface area contributed by atoms with Crippen molar-refractivity contribution in [1.29, 1.82) is 0 Å². The van der Waals surface area contributed by atoms with E-state index in [-0.39, 0.29) is 10.3 Å². The van der Waals surface area contributed by atoms with Crippen LogP contribution in [0.4, 0.5) is 0 Å². The third-order valence-corrected chi connectivity index (χ3v) is 3.81. The van der Waals surface area contributed by atoms with Gasteiger partial charge < -0.3 is 0 Å². The molecule has 0 aromatic carbocycles. The number of primary sulfonamides is 1. The number of halogens is 1. The summed E-state index contributed by atoms with van der Waals surface area (Å²) in [7, 11) is -3.66. The number of nitrogens with two attached hydrogens (primary N) is 1. The monoisotopic (exact) mass is 262 g/mol. The van der Waals surface area contributed by atoms with Crippen molar-refractivity contribution >= 4 is 21.6 Å². The Morgan fingerprint density at radius 2 is 2.06 bits per heavy atom. The average Bonchev–Trinajstić information content (AvgIpc) is 2.17. The number of aromatic nitrogens is 1. The number of hydrogen-bond donors (Lipinski definition) is 1. The minimum Gasteiger partial charge on any atom is -0.260 e. The second kappa shape index (κ2) is 5.12. The van der Waals surface area contributed by atoms with Crippen molar-refractivity contribution in [1.82, 2.24) is 4.98 Å². The van der Waals surface area contributed by atoms with Crippen molar-refractivity contribution in [2.75, 3.05) is 0 Å². The molecule has 1 unspecified atom stereocenters. The van der Waals surface area contributed by atoms with E-state index in [0.717, 1.165) is 5.69 Å². The van der Waals surface area contributed by atoms with Crippen LogP contribution in [0.2, 0.25) is 0 Å². The average molecular weight is 263 g/mol. The highest BCUT2D eigenvalue weighted by Gasteiger charge is 2.12. The number of nitrogens with zero attached hydrogens (tertiary/aromatic N) is 1. The number of pyridine rings is 1. The first kappa shape index (κ1) is 13.4. The molecule has 0 amide bonds. The molecule has 0 fully saturated rings. The van der Waals surface area contributed by atoms with E-state index in [1.54, 1.807) is 6.07 Å². The Morgan fingerprint density at radius 1 is 1.44 bits per heavy atom. The topological polar surface area (TPSA) is 73.1 Å². The lowest BCUT2D eigenvalue weighted by molar-refractivity contribution is 0.588. The molecule has 4 nitrogen and oxygen atoms in total. The van der Waals surface area contributed by atoms with Crippen LogP contribution in [-0.2, 0) is 16.4 Å². The lowest BCUT2D eigenvalue weighted by Gasteiger charge is -2.12. The normalized spacial score (nSPS) is 14.1. The molecule has 1 rings (SSSR count). The largest absolute Gasteiger partial charge is 0.260 e. The van der Waals surface area contributed by atoms with E-state index in [0.29, 0.717) is 12.3 Å². The van der Waals surface area contributed by atoms with E-state index in [1.165, 1.54) is 12.3 Å². The van der Waals surface area contributed by atoms with Gasteiger partial charge in [0.25, 0.3) is 0 Å². The van der Waals surface area contributed by atoms with Gasteiger partial charge >= 0.3 is 0 Å². The molecule has 90 valence electrons. The standard InChI is InChI=1S/C10H15ClN2O2S/c1-7(2)10(11)5-8-3-4-9(6-13-8)16(12,14)15/h3-4,6-7,10H,5H2,1-2H3,(H2,12,14,15). The van der Waals surface area contributed by atoms with E-state index in [2.05, 4.69) is 4.98 Å². The molecule has 0 saturated carbocycles. The van der Waals surface area contributed by atoms with E-state index in [1.807, 2.05) is 13.8 Å². The van der Waals surface area contributed by atoms with Crippen molar-refractivity contribution in [2.45, 2.75) is 30.5 Å². The molecule has 1 aromatic rings. The maximum Gasteiger partial charge on any atom is 0.239 e. The van der Waals surface area contributed by atoms with Crippen LogP contribution in [0.25, 0.3) is 0 Å². The first-order valence-electron chi connectivity index (χ1n) is 4.92. The summed E-state index contributed by atoms with van der Waals surface area (Å²) in [6.07, 6.45) is 1.87. The van der Waals surface area contributed by atoms with Gasteiger partial charge in [-0.15, -0.1) is 11.6 Å². The van der Waals surface area contributed by atoms with Crippen molar-refractivity contribution < 1.29 is 8.42 Å². The van der Waals surface area contributed by atoms with Gasteiger partial charge in [0.15, 0.2) is 0 Å². The summed E-state index contributed by atoms with van der Waals surface area (Å²) in [5.41, 5.74) is 0.765. The van der Waals surface area contributed by atoms with Crippen LogP contribution in [-0.4, -0.2) is 18.8 Å². The van der Waals surface area contributed by atoms with Crippen LogP contribution >= 0.6 is 11.6 Å². The second-order valence-corrected chi connectivity index (χ2v) is 6.12. The summed E-state index contributed by atoms with van der Waals surface area (Å²) < 4.78 is 22.0. The summed E-state index contributed by atoms with van der Waals surface area (Å²) >= 11 is 6.10. The van der Waals surface area contributed by atoms with Gasteiger partial charge in [-0.25, -0.2) is 13.6 Å². The van der Waals surface area contributed by atoms with Crippen molar-refractivity contribution in [2.24, 2.45) is 11.1 Å². The molecular formula is C10H15ClN2O2S. The molecule has 1 atom stereocenters. The third kappa shape index (κ3) is 3.73. The minimum absolute atomic E-state index is 0.00664. The summed E-state index contributed by atoms with van der Waals surface area (Å²) in [6.45, 7) is 4.05. The SMILES string of the molecule is CC(C)C(Cl)Cc1ccc(S(N)(=O)=O)cn1. The predicted octanol–water partition coefficient (Wildman–Crippen LogP) is 1.53. The van der Waals surface area contributed by atoms with Crippen molar-refractivity contribution in [3.8, 4) is 0 Å². The maximum absolute atomic E-state index is 11.0. The molecule has 1 aromatic heterocycles. The molecule has 0 aliphatic heterocycles. The van der Waals surface area contributed by atoms with Crippen molar-refractivity contribution in [3.63, 3.8) is 0 Å². The van der Waals surface area contributed by atoms with Gasteiger partial charge in [0.05, 0.1) is 0 Å². The van der Waals surface area contributed by atoms with Crippen LogP contribution in [0.1, 0.15) is 19.5 Å².